The van der Waals surface area contributed by atoms with Gasteiger partial charge in [0.25, 0.3) is 5.91 Å². The van der Waals surface area contributed by atoms with Gasteiger partial charge in [-0.2, -0.15) is 4.99 Å². The van der Waals surface area contributed by atoms with Crippen molar-refractivity contribution in [2.75, 3.05) is 14.1 Å². The first-order valence-corrected chi connectivity index (χ1v) is 5.74. The summed E-state index contributed by atoms with van der Waals surface area (Å²) in [7, 11) is 3.61. The number of amides is 1. The third-order valence-corrected chi connectivity index (χ3v) is 2.57. The van der Waals surface area contributed by atoms with Crippen LogP contribution in [0.25, 0.3) is 5.52 Å². The Morgan fingerprint density at radius 3 is 3.00 bits per heavy atom. The molecule has 0 saturated heterocycles. The van der Waals surface area contributed by atoms with Gasteiger partial charge in [-0.1, -0.05) is 0 Å². The number of imidazole rings is 1. The van der Waals surface area contributed by atoms with Gasteiger partial charge < -0.3 is 9.30 Å². The molecule has 0 atom stereocenters. The summed E-state index contributed by atoms with van der Waals surface area (Å²) in [6.45, 7) is 0. The van der Waals surface area contributed by atoms with E-state index in [4.69, 9.17) is 0 Å². The van der Waals surface area contributed by atoms with Crippen molar-refractivity contribution in [1.82, 2.24) is 14.3 Å². The van der Waals surface area contributed by atoms with Crippen LogP contribution < -0.4 is 0 Å². The molecule has 0 unspecified atom stereocenters. The van der Waals surface area contributed by atoms with Crippen molar-refractivity contribution in [3.63, 3.8) is 0 Å². The lowest BCUT2D eigenvalue weighted by Gasteiger charge is -2.01. The van der Waals surface area contributed by atoms with Crippen LogP contribution in [0.5, 0.6) is 0 Å². The van der Waals surface area contributed by atoms with E-state index in [1.807, 2.05) is 18.3 Å². The predicted octanol–water partition coefficient (Wildman–Crippen LogP) is 1.83. The Labute approximate surface area is 107 Å². The highest BCUT2D eigenvalue weighted by molar-refractivity contribution is 9.10. The average Bonchev–Trinajstić information content (AvgIpc) is 2.68. The van der Waals surface area contributed by atoms with Crippen molar-refractivity contribution < 1.29 is 4.79 Å². The molecule has 2 aromatic rings. The second kappa shape index (κ2) is 4.67. The SMILES string of the molecule is CN(C)/C=N\C(=O)c1ncn2cc(Br)ccc12. The smallest absolute Gasteiger partial charge is 0.299 e. The lowest BCUT2D eigenvalue weighted by molar-refractivity contribution is 0.0999. The highest BCUT2D eigenvalue weighted by atomic mass is 79.9. The second-order valence-corrected chi connectivity index (χ2v) is 4.66. The Hall–Kier alpha value is -1.69. The quantitative estimate of drug-likeness (QED) is 0.627. The van der Waals surface area contributed by atoms with Gasteiger partial charge in [0, 0.05) is 24.8 Å². The lowest BCUT2D eigenvalue weighted by atomic mass is 10.3. The Morgan fingerprint density at radius 2 is 2.29 bits per heavy atom. The van der Waals surface area contributed by atoms with E-state index >= 15 is 0 Å². The van der Waals surface area contributed by atoms with Gasteiger partial charge in [-0.15, -0.1) is 0 Å². The van der Waals surface area contributed by atoms with Gasteiger partial charge in [0.1, 0.15) is 6.33 Å². The molecule has 5 nitrogen and oxygen atoms in total. The molecule has 88 valence electrons. The van der Waals surface area contributed by atoms with Crippen LogP contribution >= 0.6 is 15.9 Å². The van der Waals surface area contributed by atoms with Crippen molar-refractivity contribution in [1.29, 1.82) is 0 Å². The van der Waals surface area contributed by atoms with Gasteiger partial charge >= 0.3 is 0 Å². The average molecular weight is 295 g/mol. The Bertz CT molecular complexity index is 588. The van der Waals surface area contributed by atoms with Gasteiger partial charge in [0.05, 0.1) is 11.9 Å². The number of carbonyl (C=O) groups is 1. The van der Waals surface area contributed by atoms with Gasteiger partial charge in [-0.3, -0.25) is 4.79 Å². The zero-order chi connectivity index (χ0) is 12.4. The minimum absolute atomic E-state index is 0.344. The van der Waals surface area contributed by atoms with Crippen LogP contribution in [0.1, 0.15) is 10.5 Å². The minimum atomic E-state index is -0.344. The summed E-state index contributed by atoms with van der Waals surface area (Å²) in [6.07, 6.45) is 4.90. The van der Waals surface area contributed by atoms with Crippen molar-refractivity contribution in [2.45, 2.75) is 0 Å². The Balaban J connectivity index is 2.39. The third-order valence-electron chi connectivity index (χ3n) is 2.10. The van der Waals surface area contributed by atoms with Gasteiger partial charge in [0.15, 0.2) is 5.69 Å². The number of aliphatic imine (C=N–C) groups is 1. The molecule has 0 aliphatic rings. The number of rotatable bonds is 2. The minimum Gasteiger partial charge on any atom is -0.369 e. The first-order chi connectivity index (χ1) is 8.08. The van der Waals surface area contributed by atoms with E-state index in [9.17, 15) is 4.79 Å². The summed E-state index contributed by atoms with van der Waals surface area (Å²) in [4.78, 5) is 21.4. The molecule has 2 rings (SSSR count). The predicted molar refractivity (Wildman–Crippen MR) is 69.4 cm³/mol. The van der Waals surface area contributed by atoms with Crippen LogP contribution in [-0.4, -0.2) is 40.6 Å². The largest absolute Gasteiger partial charge is 0.369 e. The summed E-state index contributed by atoms with van der Waals surface area (Å²) in [6, 6.07) is 3.69. The molecule has 2 heterocycles. The second-order valence-electron chi connectivity index (χ2n) is 3.75. The number of carbonyl (C=O) groups excluding carboxylic acids is 1. The van der Waals surface area contributed by atoms with E-state index in [0.29, 0.717) is 5.69 Å². The molecular weight excluding hydrogens is 284 g/mol. The molecular formula is C11H11BrN4O. The molecule has 0 bridgehead atoms. The van der Waals surface area contributed by atoms with Crippen LogP contribution in [0.3, 0.4) is 0 Å². The van der Waals surface area contributed by atoms with Gasteiger partial charge in [-0.05, 0) is 28.1 Å². The van der Waals surface area contributed by atoms with E-state index in [0.717, 1.165) is 9.99 Å². The molecule has 0 aliphatic heterocycles. The number of aromatic nitrogens is 2. The topological polar surface area (TPSA) is 50.0 Å². The Morgan fingerprint density at radius 1 is 1.53 bits per heavy atom. The molecule has 1 amide bonds. The van der Waals surface area contributed by atoms with Crippen LogP contribution in [0.15, 0.2) is 34.1 Å². The molecule has 0 radical (unpaired) electrons. The molecule has 0 aliphatic carbocycles. The number of nitrogens with zero attached hydrogens (tertiary/aromatic N) is 4. The van der Waals surface area contributed by atoms with Crippen LogP contribution in [-0.2, 0) is 0 Å². The molecule has 0 N–H and O–H groups in total. The van der Waals surface area contributed by atoms with Gasteiger partial charge in [-0.25, -0.2) is 4.98 Å². The normalized spacial score (nSPS) is 11.2. The maximum atomic E-state index is 11.8. The van der Waals surface area contributed by atoms with Crippen molar-refractivity contribution in [3.05, 3.63) is 34.8 Å². The standard InChI is InChI=1S/C11H11BrN4O/c1-15(2)6-14-11(17)10-9-4-3-8(12)5-16(9)7-13-10/h3-7H,1-2H3/b14-6-. The number of halogens is 1. The van der Waals surface area contributed by atoms with Crippen molar-refractivity contribution in [2.24, 2.45) is 4.99 Å². The summed E-state index contributed by atoms with van der Waals surface area (Å²) >= 11 is 3.36. The highest BCUT2D eigenvalue weighted by Crippen LogP contribution is 2.15. The van der Waals surface area contributed by atoms with Crippen LogP contribution in [0.2, 0.25) is 0 Å². The fraction of sp³-hybridized carbons (Fsp3) is 0.182. The monoisotopic (exact) mass is 294 g/mol. The fourth-order valence-corrected chi connectivity index (χ4v) is 1.72. The lowest BCUT2D eigenvalue weighted by Crippen LogP contribution is -2.10. The molecule has 17 heavy (non-hydrogen) atoms. The summed E-state index contributed by atoms with van der Waals surface area (Å²) in [5.74, 6) is -0.344. The first-order valence-electron chi connectivity index (χ1n) is 4.95. The number of hydrogen-bond donors (Lipinski definition) is 0. The Kier molecular flexibility index (Phi) is 3.23. The molecule has 0 saturated carbocycles. The highest BCUT2D eigenvalue weighted by Gasteiger charge is 2.11. The molecule has 6 heteroatoms. The molecule has 0 aromatic carbocycles. The summed E-state index contributed by atoms with van der Waals surface area (Å²) < 4.78 is 2.71. The first kappa shape index (κ1) is 11.8. The molecule has 2 aromatic heterocycles. The van der Waals surface area contributed by atoms with Crippen LogP contribution in [0, 0.1) is 0 Å². The number of pyridine rings is 1. The summed E-state index contributed by atoms with van der Waals surface area (Å²) in [5.41, 5.74) is 1.10. The zero-order valence-corrected chi connectivity index (χ0v) is 11.0. The maximum absolute atomic E-state index is 11.8. The molecule has 0 fully saturated rings. The molecule has 0 spiro atoms. The summed E-state index contributed by atoms with van der Waals surface area (Å²) in [5, 5.41) is 0. The van der Waals surface area contributed by atoms with Crippen LogP contribution in [0.4, 0.5) is 0 Å². The van der Waals surface area contributed by atoms with E-state index in [1.54, 1.807) is 29.7 Å². The van der Waals surface area contributed by atoms with E-state index < -0.39 is 0 Å². The van der Waals surface area contributed by atoms with E-state index in [1.165, 1.54) is 6.34 Å². The van der Waals surface area contributed by atoms with E-state index in [-0.39, 0.29) is 5.91 Å². The maximum Gasteiger partial charge on any atom is 0.299 e. The fourth-order valence-electron chi connectivity index (χ4n) is 1.37. The number of fused-ring (bicyclic) bond motifs is 1. The van der Waals surface area contributed by atoms with Crippen molar-refractivity contribution in [3.8, 4) is 0 Å². The van der Waals surface area contributed by atoms with E-state index in [2.05, 4.69) is 25.9 Å². The zero-order valence-electron chi connectivity index (χ0n) is 9.46. The van der Waals surface area contributed by atoms with Gasteiger partial charge in [0.2, 0.25) is 0 Å². The number of hydrogen-bond acceptors (Lipinski definition) is 2. The van der Waals surface area contributed by atoms with Crippen molar-refractivity contribution >= 4 is 33.7 Å². The third kappa shape index (κ3) is 2.52.